The first-order valence-electron chi connectivity index (χ1n) is 7.78. The standard InChI is InChI=1S/C17H23NO3/c1-3-21-16-11-12(4-5-15(16)20-2)10-14-17(19)13-6-8-18(14)9-7-13/h4-5,10-11,13,17,19H,3,6-9H2,1-2H3/p+1/b14-10-/t17-/m1/s1. The Hall–Kier alpha value is -1.52. The highest BCUT2D eigenvalue weighted by molar-refractivity contribution is 5.57. The molecule has 0 saturated carbocycles. The van der Waals surface area contributed by atoms with Crippen LogP contribution in [0.15, 0.2) is 23.9 Å². The van der Waals surface area contributed by atoms with Gasteiger partial charge in [-0.2, -0.15) is 0 Å². The Bertz CT molecular complexity index is 529. The number of fused-ring (bicyclic) bond motifs is 3. The van der Waals surface area contributed by atoms with Crippen LogP contribution in [0.1, 0.15) is 25.3 Å². The van der Waals surface area contributed by atoms with Crippen molar-refractivity contribution in [1.82, 2.24) is 0 Å². The molecule has 1 aromatic rings. The quantitative estimate of drug-likeness (QED) is 0.873. The molecule has 4 rings (SSSR count). The van der Waals surface area contributed by atoms with Gasteiger partial charge in [0.05, 0.1) is 26.8 Å². The van der Waals surface area contributed by atoms with Gasteiger partial charge in [-0.15, -0.1) is 0 Å². The zero-order chi connectivity index (χ0) is 14.8. The molecule has 0 unspecified atom stereocenters. The van der Waals surface area contributed by atoms with Crippen LogP contribution < -0.4 is 14.4 Å². The van der Waals surface area contributed by atoms with Crippen molar-refractivity contribution in [1.29, 1.82) is 0 Å². The van der Waals surface area contributed by atoms with Crippen molar-refractivity contribution in [3.8, 4) is 11.5 Å². The van der Waals surface area contributed by atoms with E-state index in [1.807, 2.05) is 25.1 Å². The fourth-order valence-corrected chi connectivity index (χ4v) is 3.47. The predicted octanol–water partition coefficient (Wildman–Crippen LogP) is 1.10. The number of rotatable bonds is 4. The maximum Gasteiger partial charge on any atom is 0.161 e. The number of aliphatic hydroxyl groups excluding tert-OH is 1. The lowest BCUT2D eigenvalue weighted by molar-refractivity contribution is -0.880. The van der Waals surface area contributed by atoms with Crippen LogP contribution in [0, 0.1) is 5.92 Å². The summed E-state index contributed by atoms with van der Waals surface area (Å²) in [5.74, 6) is 1.95. The number of aliphatic hydroxyl groups is 1. The first-order chi connectivity index (χ1) is 10.2. The first-order valence-corrected chi connectivity index (χ1v) is 7.78. The summed E-state index contributed by atoms with van der Waals surface area (Å²) in [5.41, 5.74) is 2.19. The van der Waals surface area contributed by atoms with Gasteiger partial charge in [0.15, 0.2) is 11.5 Å². The van der Waals surface area contributed by atoms with Gasteiger partial charge in [0, 0.05) is 24.8 Å². The van der Waals surface area contributed by atoms with Crippen LogP contribution in [-0.4, -0.2) is 38.0 Å². The van der Waals surface area contributed by atoms with E-state index < -0.39 is 0 Å². The molecule has 1 aromatic carbocycles. The van der Waals surface area contributed by atoms with Crippen LogP contribution in [0.4, 0.5) is 0 Å². The lowest BCUT2D eigenvalue weighted by Crippen LogP contribution is -3.14. The molecule has 3 saturated heterocycles. The highest BCUT2D eigenvalue weighted by Crippen LogP contribution is 2.30. The molecule has 114 valence electrons. The van der Waals surface area contributed by atoms with Crippen molar-refractivity contribution in [3.05, 3.63) is 29.5 Å². The topological polar surface area (TPSA) is 43.1 Å². The Kier molecular flexibility index (Phi) is 4.17. The lowest BCUT2D eigenvalue weighted by atomic mass is 9.83. The van der Waals surface area contributed by atoms with Crippen molar-refractivity contribution in [2.24, 2.45) is 5.92 Å². The molecule has 3 aliphatic rings. The molecular weight excluding hydrogens is 266 g/mol. The van der Waals surface area contributed by atoms with E-state index in [1.54, 1.807) is 7.11 Å². The van der Waals surface area contributed by atoms with Crippen molar-refractivity contribution in [2.45, 2.75) is 25.9 Å². The van der Waals surface area contributed by atoms with E-state index in [0.29, 0.717) is 12.5 Å². The van der Waals surface area contributed by atoms with Gasteiger partial charge in [-0.1, -0.05) is 6.07 Å². The number of hydrogen-bond acceptors (Lipinski definition) is 3. The summed E-state index contributed by atoms with van der Waals surface area (Å²) < 4.78 is 10.9. The van der Waals surface area contributed by atoms with E-state index in [0.717, 1.165) is 48.7 Å². The Morgan fingerprint density at radius 2 is 2.05 bits per heavy atom. The van der Waals surface area contributed by atoms with E-state index >= 15 is 0 Å². The third-order valence-corrected chi connectivity index (χ3v) is 4.62. The molecule has 4 nitrogen and oxygen atoms in total. The van der Waals surface area contributed by atoms with E-state index in [-0.39, 0.29) is 6.10 Å². The number of hydrogen-bond donors (Lipinski definition) is 2. The van der Waals surface area contributed by atoms with Crippen molar-refractivity contribution in [2.75, 3.05) is 26.8 Å². The lowest BCUT2D eigenvalue weighted by Gasteiger charge is -2.41. The Labute approximate surface area is 126 Å². The maximum absolute atomic E-state index is 10.4. The predicted molar refractivity (Wildman–Crippen MR) is 81.6 cm³/mol. The Morgan fingerprint density at radius 3 is 2.67 bits per heavy atom. The molecule has 1 atom stereocenters. The average molecular weight is 290 g/mol. The average Bonchev–Trinajstić information content (AvgIpc) is 2.52. The van der Waals surface area contributed by atoms with Crippen LogP contribution in [0.2, 0.25) is 0 Å². The fraction of sp³-hybridized carbons (Fsp3) is 0.529. The SMILES string of the molecule is CCOc1cc(/C=C2/[C@H](O)C3CC[NH+]2CC3)ccc1OC. The molecule has 0 aliphatic carbocycles. The molecule has 21 heavy (non-hydrogen) atoms. The van der Waals surface area contributed by atoms with Crippen molar-refractivity contribution < 1.29 is 19.5 Å². The highest BCUT2D eigenvalue weighted by atomic mass is 16.5. The molecule has 0 amide bonds. The number of nitrogens with one attached hydrogen (secondary N) is 1. The smallest absolute Gasteiger partial charge is 0.161 e. The van der Waals surface area contributed by atoms with E-state index in [4.69, 9.17) is 9.47 Å². The summed E-state index contributed by atoms with van der Waals surface area (Å²) >= 11 is 0. The number of ether oxygens (including phenoxy) is 2. The second-order valence-corrected chi connectivity index (χ2v) is 5.83. The second-order valence-electron chi connectivity index (χ2n) is 5.83. The van der Waals surface area contributed by atoms with Crippen LogP contribution >= 0.6 is 0 Å². The van der Waals surface area contributed by atoms with Crippen molar-refractivity contribution >= 4 is 6.08 Å². The number of methoxy groups -OCH3 is 1. The molecule has 2 N–H and O–H groups in total. The van der Waals surface area contributed by atoms with Gasteiger partial charge in [-0.3, -0.25) is 0 Å². The molecule has 0 spiro atoms. The van der Waals surface area contributed by atoms with Gasteiger partial charge in [0.2, 0.25) is 0 Å². The third-order valence-electron chi connectivity index (χ3n) is 4.62. The maximum atomic E-state index is 10.4. The molecule has 4 heteroatoms. The number of piperidine rings is 3. The Morgan fingerprint density at radius 1 is 1.29 bits per heavy atom. The van der Waals surface area contributed by atoms with Crippen LogP contribution in [0.3, 0.4) is 0 Å². The third kappa shape index (κ3) is 2.78. The Balaban J connectivity index is 1.90. The van der Waals surface area contributed by atoms with E-state index in [2.05, 4.69) is 6.08 Å². The van der Waals surface area contributed by atoms with E-state index in [1.165, 1.54) is 4.90 Å². The van der Waals surface area contributed by atoms with E-state index in [9.17, 15) is 5.11 Å². The molecule has 3 fully saturated rings. The summed E-state index contributed by atoms with van der Waals surface area (Å²) in [6.07, 6.45) is 4.11. The first kappa shape index (κ1) is 14.4. The second kappa shape index (κ2) is 6.08. The largest absolute Gasteiger partial charge is 0.493 e. The van der Waals surface area contributed by atoms with Crippen LogP contribution in [-0.2, 0) is 0 Å². The molecule has 0 aromatic heterocycles. The fourth-order valence-electron chi connectivity index (χ4n) is 3.47. The summed E-state index contributed by atoms with van der Waals surface area (Å²) in [4.78, 5) is 1.43. The zero-order valence-corrected chi connectivity index (χ0v) is 12.8. The minimum absolute atomic E-state index is 0.292. The number of quaternary nitrogens is 1. The summed E-state index contributed by atoms with van der Waals surface area (Å²) in [5, 5.41) is 10.4. The molecule has 3 aliphatic heterocycles. The van der Waals surface area contributed by atoms with Gasteiger partial charge in [-0.25, -0.2) is 0 Å². The summed E-state index contributed by atoms with van der Waals surface area (Å²) in [6.45, 7) is 4.85. The molecule has 2 bridgehead atoms. The summed E-state index contributed by atoms with van der Waals surface area (Å²) in [7, 11) is 1.65. The van der Waals surface area contributed by atoms with Gasteiger partial charge in [0.1, 0.15) is 11.8 Å². The summed E-state index contributed by atoms with van der Waals surface area (Å²) in [6, 6.07) is 5.93. The number of benzene rings is 1. The van der Waals surface area contributed by atoms with Gasteiger partial charge >= 0.3 is 0 Å². The normalized spacial score (nSPS) is 29.7. The zero-order valence-electron chi connectivity index (χ0n) is 12.8. The molecule has 3 heterocycles. The molecule has 0 radical (unpaired) electrons. The minimum Gasteiger partial charge on any atom is -0.493 e. The minimum atomic E-state index is -0.292. The van der Waals surface area contributed by atoms with Gasteiger partial charge in [-0.05, 0) is 24.6 Å². The monoisotopic (exact) mass is 290 g/mol. The highest BCUT2D eigenvalue weighted by Gasteiger charge is 2.41. The van der Waals surface area contributed by atoms with Gasteiger partial charge in [0.25, 0.3) is 0 Å². The van der Waals surface area contributed by atoms with Crippen LogP contribution in [0.5, 0.6) is 11.5 Å². The van der Waals surface area contributed by atoms with Crippen molar-refractivity contribution in [3.63, 3.8) is 0 Å². The van der Waals surface area contributed by atoms with Gasteiger partial charge < -0.3 is 19.5 Å². The van der Waals surface area contributed by atoms with Crippen LogP contribution in [0.25, 0.3) is 6.08 Å². The molecular formula is C17H24NO3+.